The van der Waals surface area contributed by atoms with Gasteiger partial charge in [-0.2, -0.15) is 0 Å². The summed E-state index contributed by atoms with van der Waals surface area (Å²) in [6, 6.07) is 15.0. The van der Waals surface area contributed by atoms with Crippen molar-refractivity contribution in [2.45, 2.75) is 50.2 Å². The summed E-state index contributed by atoms with van der Waals surface area (Å²) >= 11 is 0. The van der Waals surface area contributed by atoms with Crippen LogP contribution in [0.2, 0.25) is 0 Å². The number of benzene rings is 2. The molecule has 6 rings (SSSR count). The van der Waals surface area contributed by atoms with Gasteiger partial charge in [-0.05, 0) is 46.9 Å². The van der Waals surface area contributed by atoms with Crippen LogP contribution in [-0.4, -0.2) is 54.5 Å². The van der Waals surface area contributed by atoms with Gasteiger partial charge in [-0.25, -0.2) is 4.79 Å². The largest absolute Gasteiger partial charge is 0.481 e. The Morgan fingerprint density at radius 1 is 1.09 bits per heavy atom. The van der Waals surface area contributed by atoms with E-state index in [-0.39, 0.29) is 36.4 Å². The van der Waals surface area contributed by atoms with Gasteiger partial charge in [0.25, 0.3) is 0 Å². The van der Waals surface area contributed by atoms with Gasteiger partial charge in [0, 0.05) is 18.9 Å². The number of hydrogen-bond donors (Lipinski definition) is 3. The number of alkyl carbamates (subject to hydrolysis) is 1. The lowest BCUT2D eigenvalue weighted by atomic mass is 9.64. The molecule has 0 aromatic heterocycles. The second kappa shape index (κ2) is 9.00. The molecular formula is C27H30N2O6. The molecule has 2 heterocycles. The second-order valence-corrected chi connectivity index (χ2v) is 10.3. The lowest BCUT2D eigenvalue weighted by Crippen LogP contribution is -2.54. The highest BCUT2D eigenvalue weighted by molar-refractivity contribution is 5.86. The zero-order valence-corrected chi connectivity index (χ0v) is 19.7. The summed E-state index contributed by atoms with van der Waals surface area (Å²) in [4.78, 5) is 36.6. The third-order valence-electron chi connectivity index (χ3n) is 7.41. The molecule has 2 saturated heterocycles. The number of ether oxygens (including phenoxy) is 2. The molecule has 8 nitrogen and oxygen atoms in total. The number of carboxylic acids is 1. The van der Waals surface area contributed by atoms with E-state index in [9.17, 15) is 14.4 Å². The van der Waals surface area contributed by atoms with E-state index in [1.807, 2.05) is 36.4 Å². The summed E-state index contributed by atoms with van der Waals surface area (Å²) in [5.41, 5.74) is 4.26. The average molecular weight is 479 g/mol. The maximum absolute atomic E-state index is 12.8. The first-order chi connectivity index (χ1) is 16.8. The van der Waals surface area contributed by atoms with Gasteiger partial charge in [-0.3, -0.25) is 9.59 Å². The third-order valence-corrected chi connectivity index (χ3v) is 7.41. The highest BCUT2D eigenvalue weighted by Gasteiger charge is 2.59. The topological polar surface area (TPSA) is 114 Å². The molecule has 2 amide bonds. The lowest BCUT2D eigenvalue weighted by molar-refractivity contribution is -0.137. The molecule has 0 radical (unpaired) electrons. The van der Waals surface area contributed by atoms with Crippen LogP contribution in [0.3, 0.4) is 0 Å². The molecule has 184 valence electrons. The fourth-order valence-electron chi connectivity index (χ4n) is 5.90. The highest BCUT2D eigenvalue weighted by Crippen LogP contribution is 2.57. The van der Waals surface area contributed by atoms with E-state index < -0.39 is 24.0 Å². The van der Waals surface area contributed by atoms with Crippen molar-refractivity contribution < 1.29 is 29.0 Å². The Balaban J connectivity index is 1.20. The van der Waals surface area contributed by atoms with E-state index in [4.69, 9.17) is 14.6 Å². The van der Waals surface area contributed by atoms with Crippen molar-refractivity contribution in [2.75, 3.05) is 19.8 Å². The van der Waals surface area contributed by atoms with Crippen LogP contribution in [0.1, 0.15) is 49.7 Å². The number of hydrogen-bond acceptors (Lipinski definition) is 5. The summed E-state index contributed by atoms with van der Waals surface area (Å²) in [5.74, 6) is -1.58. The molecule has 4 aliphatic rings. The molecule has 1 unspecified atom stereocenters. The van der Waals surface area contributed by atoms with Crippen LogP contribution in [0.4, 0.5) is 4.79 Å². The van der Waals surface area contributed by atoms with Crippen molar-refractivity contribution in [2.24, 2.45) is 5.41 Å². The Kier molecular flexibility index (Phi) is 6.01. The van der Waals surface area contributed by atoms with Crippen molar-refractivity contribution in [3.05, 3.63) is 59.7 Å². The minimum atomic E-state index is -1.04. The maximum Gasteiger partial charge on any atom is 0.407 e. The Labute approximate surface area is 204 Å². The fourth-order valence-corrected chi connectivity index (χ4v) is 5.90. The lowest BCUT2D eigenvalue weighted by Gasteiger charge is -2.42. The summed E-state index contributed by atoms with van der Waals surface area (Å²) in [6.45, 7) is 3.30. The predicted molar refractivity (Wildman–Crippen MR) is 128 cm³/mol. The number of nitrogens with one attached hydrogen (secondary N) is 2. The third kappa shape index (κ3) is 4.62. The molecule has 2 aliphatic carbocycles. The molecule has 8 heteroatoms. The zero-order valence-electron chi connectivity index (χ0n) is 19.7. The van der Waals surface area contributed by atoms with Gasteiger partial charge in [0.05, 0.1) is 12.2 Å². The van der Waals surface area contributed by atoms with Crippen molar-refractivity contribution >= 4 is 18.0 Å². The van der Waals surface area contributed by atoms with Gasteiger partial charge in [0.1, 0.15) is 12.6 Å². The quantitative estimate of drug-likeness (QED) is 0.509. The van der Waals surface area contributed by atoms with Crippen molar-refractivity contribution in [3.8, 4) is 11.1 Å². The van der Waals surface area contributed by atoms with E-state index in [1.165, 1.54) is 0 Å². The second-order valence-electron chi connectivity index (χ2n) is 10.3. The van der Waals surface area contributed by atoms with Gasteiger partial charge in [0.2, 0.25) is 5.91 Å². The number of amides is 2. The van der Waals surface area contributed by atoms with Gasteiger partial charge < -0.3 is 25.2 Å². The maximum atomic E-state index is 12.8. The average Bonchev–Trinajstić information content (AvgIpc) is 3.45. The summed E-state index contributed by atoms with van der Waals surface area (Å²) in [7, 11) is 0. The Morgan fingerprint density at radius 2 is 1.71 bits per heavy atom. The van der Waals surface area contributed by atoms with Crippen molar-refractivity contribution in [1.29, 1.82) is 0 Å². The van der Waals surface area contributed by atoms with Crippen LogP contribution in [0, 0.1) is 5.41 Å². The van der Waals surface area contributed by atoms with Crippen LogP contribution in [-0.2, 0) is 19.1 Å². The molecule has 2 bridgehead atoms. The highest BCUT2D eigenvalue weighted by atomic mass is 16.5. The molecule has 0 spiro atoms. The molecule has 3 N–H and O–H groups in total. The summed E-state index contributed by atoms with van der Waals surface area (Å²) in [6.07, 6.45) is 0.752. The minimum Gasteiger partial charge on any atom is -0.481 e. The van der Waals surface area contributed by atoms with Gasteiger partial charge in [-0.1, -0.05) is 55.5 Å². The van der Waals surface area contributed by atoms with E-state index in [0.717, 1.165) is 35.1 Å². The minimum absolute atomic E-state index is 0.0308. The van der Waals surface area contributed by atoms with Crippen LogP contribution in [0.5, 0.6) is 0 Å². The molecule has 2 aliphatic heterocycles. The summed E-state index contributed by atoms with van der Waals surface area (Å²) in [5, 5.41) is 14.5. The van der Waals surface area contributed by atoms with Crippen molar-refractivity contribution in [1.82, 2.24) is 10.6 Å². The van der Waals surface area contributed by atoms with E-state index >= 15 is 0 Å². The molecule has 3 fully saturated rings. The van der Waals surface area contributed by atoms with Gasteiger partial charge >= 0.3 is 12.1 Å². The van der Waals surface area contributed by atoms with E-state index in [1.54, 1.807) is 0 Å². The van der Waals surface area contributed by atoms with Crippen LogP contribution >= 0.6 is 0 Å². The standard InChI is InChI=1S/C27H30N2O6/c1-26-13-27(14-26,35-16-26)15-28-24(32)22(10-11-23(30)31)29-25(33)34-12-21-19-8-4-2-6-17(19)18-7-3-5-9-20(18)21/h2-9,21-22H,10-16H2,1H3,(H,28,32)(H,29,33)(H,30,31). The normalized spacial score (nSPS) is 24.6. The summed E-state index contributed by atoms with van der Waals surface area (Å²) < 4.78 is 11.4. The van der Waals surface area contributed by atoms with Crippen LogP contribution in [0.25, 0.3) is 11.1 Å². The first-order valence-electron chi connectivity index (χ1n) is 12.0. The Bertz CT molecular complexity index is 1110. The smallest absolute Gasteiger partial charge is 0.407 e. The van der Waals surface area contributed by atoms with Crippen LogP contribution < -0.4 is 10.6 Å². The number of aliphatic carboxylic acids is 1. The van der Waals surface area contributed by atoms with Crippen LogP contribution in [0.15, 0.2) is 48.5 Å². The Hall–Kier alpha value is -3.39. The van der Waals surface area contributed by atoms with Gasteiger partial charge in [-0.15, -0.1) is 0 Å². The number of fused-ring (bicyclic) bond motifs is 4. The number of rotatable bonds is 9. The molecule has 1 atom stereocenters. The molecule has 1 saturated carbocycles. The molecular weight excluding hydrogens is 448 g/mol. The molecule has 35 heavy (non-hydrogen) atoms. The van der Waals surface area contributed by atoms with Gasteiger partial charge in [0.15, 0.2) is 0 Å². The van der Waals surface area contributed by atoms with E-state index in [0.29, 0.717) is 13.2 Å². The number of carboxylic acid groups (broad SMARTS) is 1. The fraction of sp³-hybridized carbons (Fsp3) is 0.444. The molecule has 2 aromatic carbocycles. The Morgan fingerprint density at radius 3 is 2.29 bits per heavy atom. The number of carbonyl (C=O) groups excluding carboxylic acids is 2. The SMILES string of the molecule is CC12COC(CNC(=O)C(CCC(=O)O)NC(=O)OCC3c4ccccc4-c4ccccc43)(C1)C2. The monoisotopic (exact) mass is 478 g/mol. The predicted octanol–water partition coefficient (Wildman–Crippen LogP) is 3.44. The first-order valence-corrected chi connectivity index (χ1v) is 12.0. The zero-order chi connectivity index (χ0) is 24.6. The van der Waals surface area contributed by atoms with Crippen molar-refractivity contribution in [3.63, 3.8) is 0 Å². The van der Waals surface area contributed by atoms with E-state index in [2.05, 4.69) is 29.7 Å². The number of carbonyl (C=O) groups is 3. The first kappa shape index (κ1) is 23.4. The molecule has 2 aromatic rings.